The van der Waals surface area contributed by atoms with Crippen LogP contribution in [0.2, 0.25) is 0 Å². The summed E-state index contributed by atoms with van der Waals surface area (Å²) >= 11 is 3.39. The molecule has 2 N–H and O–H groups in total. The van der Waals surface area contributed by atoms with Crippen molar-refractivity contribution in [2.24, 2.45) is 5.10 Å². The second-order valence-electron chi connectivity index (χ2n) is 3.88. The number of halogens is 1. The van der Waals surface area contributed by atoms with Gasteiger partial charge in [0, 0.05) is 10.0 Å². The average molecular weight is 333 g/mol. The fraction of sp³-hybridized carbons (Fsp3) is 0. The van der Waals surface area contributed by atoms with E-state index in [4.69, 9.17) is 10.2 Å². The highest BCUT2D eigenvalue weighted by molar-refractivity contribution is 9.10. The summed E-state index contributed by atoms with van der Waals surface area (Å²) in [6, 6.07) is 11.5. The highest BCUT2D eigenvalue weighted by Gasteiger charge is 2.04. The number of hydrogen-bond acceptors (Lipinski definition) is 6. The van der Waals surface area contributed by atoms with Crippen LogP contribution in [0.3, 0.4) is 0 Å². The molecule has 0 aliphatic heterocycles. The second-order valence-corrected chi connectivity index (χ2v) is 4.80. The van der Waals surface area contributed by atoms with Crippen molar-refractivity contribution < 1.29 is 4.42 Å². The van der Waals surface area contributed by atoms with Gasteiger partial charge in [-0.3, -0.25) is 0 Å². The van der Waals surface area contributed by atoms with Gasteiger partial charge >= 0.3 is 0 Å². The topological polar surface area (TPSA) is 95.1 Å². The second kappa shape index (κ2) is 5.25. The molecule has 3 rings (SSSR count). The minimum Gasteiger partial charge on any atom is -0.455 e. The zero-order valence-corrected chi connectivity index (χ0v) is 11.7. The van der Waals surface area contributed by atoms with E-state index >= 15 is 0 Å². The fourth-order valence-corrected chi connectivity index (χ4v) is 1.84. The van der Waals surface area contributed by atoms with E-state index in [0.29, 0.717) is 5.76 Å². The molecule has 0 spiro atoms. The Hall–Kier alpha value is -2.48. The third-order valence-electron chi connectivity index (χ3n) is 2.53. The van der Waals surface area contributed by atoms with Crippen molar-refractivity contribution in [3.63, 3.8) is 0 Å². The Balaban J connectivity index is 1.82. The summed E-state index contributed by atoms with van der Waals surface area (Å²) in [6.45, 7) is 0. The van der Waals surface area contributed by atoms with Crippen LogP contribution in [0.5, 0.6) is 0 Å². The van der Waals surface area contributed by atoms with Crippen molar-refractivity contribution in [3.8, 4) is 11.3 Å². The van der Waals surface area contributed by atoms with Gasteiger partial charge < -0.3 is 10.2 Å². The first kappa shape index (κ1) is 12.5. The predicted molar refractivity (Wildman–Crippen MR) is 77.1 cm³/mol. The van der Waals surface area contributed by atoms with Crippen molar-refractivity contribution in [1.82, 2.24) is 20.3 Å². The van der Waals surface area contributed by atoms with Gasteiger partial charge in [0.25, 0.3) is 5.95 Å². The molecule has 2 aromatic heterocycles. The molecule has 100 valence electrons. The lowest BCUT2D eigenvalue weighted by Crippen LogP contribution is -1.99. The molecule has 2 heterocycles. The van der Waals surface area contributed by atoms with Gasteiger partial charge in [0.2, 0.25) is 0 Å². The number of nitrogens with zero attached hydrogens (tertiary/aromatic N) is 5. The molecular weight excluding hydrogens is 324 g/mol. The Bertz CT molecular complexity index is 745. The van der Waals surface area contributed by atoms with Gasteiger partial charge in [0.05, 0.1) is 6.21 Å². The number of anilines is 1. The summed E-state index contributed by atoms with van der Waals surface area (Å²) in [6.07, 6.45) is 1.50. The molecule has 0 saturated carbocycles. The molecule has 3 aromatic rings. The third kappa shape index (κ3) is 2.59. The maximum atomic E-state index is 5.66. The molecule has 0 saturated heterocycles. The molecule has 8 heteroatoms. The monoisotopic (exact) mass is 332 g/mol. The molecule has 0 atom stereocenters. The Labute approximate surface area is 122 Å². The van der Waals surface area contributed by atoms with Gasteiger partial charge in [-0.25, -0.2) is 0 Å². The maximum absolute atomic E-state index is 5.66. The van der Waals surface area contributed by atoms with Gasteiger partial charge in [-0.05, 0) is 34.7 Å². The minimum atomic E-state index is 0.112. The standard InChI is InChI=1S/C12H9BrN6O/c13-9-3-1-8(2-4-9)11-6-5-10(20-11)7-15-19-12(14)16-17-18-19/h1-7H,(H2,14,16,18). The van der Waals surface area contributed by atoms with Crippen molar-refractivity contribution in [3.05, 3.63) is 46.6 Å². The highest BCUT2D eigenvalue weighted by atomic mass is 79.9. The quantitative estimate of drug-likeness (QED) is 0.741. The van der Waals surface area contributed by atoms with Gasteiger partial charge in [0.15, 0.2) is 0 Å². The minimum absolute atomic E-state index is 0.112. The Kier molecular flexibility index (Phi) is 3.30. The van der Waals surface area contributed by atoms with Crippen LogP contribution in [-0.2, 0) is 0 Å². The number of benzene rings is 1. The fourth-order valence-electron chi connectivity index (χ4n) is 1.57. The smallest absolute Gasteiger partial charge is 0.263 e. The summed E-state index contributed by atoms with van der Waals surface area (Å²) in [5, 5.41) is 14.5. The highest BCUT2D eigenvalue weighted by Crippen LogP contribution is 2.23. The largest absolute Gasteiger partial charge is 0.455 e. The lowest BCUT2D eigenvalue weighted by Gasteiger charge is -1.96. The van der Waals surface area contributed by atoms with E-state index in [1.165, 1.54) is 6.21 Å². The molecule has 0 amide bonds. The van der Waals surface area contributed by atoms with Crippen LogP contribution in [0, 0.1) is 0 Å². The molecule has 0 bridgehead atoms. The summed E-state index contributed by atoms with van der Waals surface area (Å²) in [4.78, 5) is 1.11. The molecule has 20 heavy (non-hydrogen) atoms. The molecular formula is C12H9BrN6O. The van der Waals surface area contributed by atoms with E-state index in [0.717, 1.165) is 20.6 Å². The number of nitrogen functional groups attached to an aromatic ring is 1. The number of aromatic nitrogens is 4. The van der Waals surface area contributed by atoms with Crippen molar-refractivity contribution in [2.75, 3.05) is 5.73 Å². The number of furan rings is 1. The van der Waals surface area contributed by atoms with E-state index in [1.54, 1.807) is 6.07 Å². The van der Waals surface area contributed by atoms with Gasteiger partial charge in [-0.1, -0.05) is 38.0 Å². The number of hydrogen-bond donors (Lipinski definition) is 1. The van der Waals surface area contributed by atoms with Crippen LogP contribution >= 0.6 is 15.9 Å². The Morgan fingerprint density at radius 1 is 1.20 bits per heavy atom. The lowest BCUT2D eigenvalue weighted by atomic mass is 10.2. The van der Waals surface area contributed by atoms with E-state index < -0.39 is 0 Å². The van der Waals surface area contributed by atoms with E-state index in [-0.39, 0.29) is 5.95 Å². The van der Waals surface area contributed by atoms with E-state index in [2.05, 4.69) is 36.6 Å². The maximum Gasteiger partial charge on any atom is 0.263 e. The van der Waals surface area contributed by atoms with Crippen LogP contribution in [0.4, 0.5) is 5.95 Å². The molecule has 1 aromatic carbocycles. The Morgan fingerprint density at radius 2 is 2.00 bits per heavy atom. The molecule has 0 aliphatic rings. The number of nitrogens with two attached hydrogens (primary N) is 1. The van der Waals surface area contributed by atoms with Crippen molar-refractivity contribution in [2.45, 2.75) is 0 Å². The van der Waals surface area contributed by atoms with Crippen LogP contribution in [-0.4, -0.2) is 26.5 Å². The third-order valence-corrected chi connectivity index (χ3v) is 3.06. The van der Waals surface area contributed by atoms with Crippen LogP contribution in [0.25, 0.3) is 11.3 Å². The Morgan fingerprint density at radius 3 is 2.70 bits per heavy atom. The first-order valence-corrected chi connectivity index (χ1v) is 6.46. The van der Waals surface area contributed by atoms with Gasteiger partial charge in [0.1, 0.15) is 11.5 Å². The van der Waals surface area contributed by atoms with Gasteiger partial charge in [-0.2, -0.15) is 5.10 Å². The summed E-state index contributed by atoms with van der Waals surface area (Å²) in [5.74, 6) is 1.45. The lowest BCUT2D eigenvalue weighted by molar-refractivity contribution is 0.573. The zero-order chi connectivity index (χ0) is 13.9. The van der Waals surface area contributed by atoms with E-state index in [9.17, 15) is 0 Å². The summed E-state index contributed by atoms with van der Waals surface area (Å²) < 4.78 is 6.68. The van der Waals surface area contributed by atoms with Crippen LogP contribution in [0.1, 0.15) is 5.76 Å². The van der Waals surface area contributed by atoms with Crippen LogP contribution < -0.4 is 5.73 Å². The number of tetrazole rings is 1. The van der Waals surface area contributed by atoms with Crippen LogP contribution in [0.15, 0.2) is 50.4 Å². The van der Waals surface area contributed by atoms with Crippen molar-refractivity contribution >= 4 is 28.1 Å². The van der Waals surface area contributed by atoms with E-state index in [1.807, 2.05) is 30.3 Å². The summed E-state index contributed by atoms with van der Waals surface area (Å²) in [5.41, 5.74) is 6.47. The first-order valence-electron chi connectivity index (χ1n) is 5.66. The summed E-state index contributed by atoms with van der Waals surface area (Å²) in [7, 11) is 0. The number of rotatable bonds is 3. The average Bonchev–Trinajstić information content (AvgIpc) is 3.06. The molecule has 7 nitrogen and oxygen atoms in total. The molecule has 0 aliphatic carbocycles. The van der Waals surface area contributed by atoms with Crippen molar-refractivity contribution in [1.29, 1.82) is 0 Å². The predicted octanol–water partition coefficient (Wildman–Crippen LogP) is 2.16. The normalized spacial score (nSPS) is 11.2. The first-order chi connectivity index (χ1) is 9.72. The SMILES string of the molecule is Nc1nnnn1N=Cc1ccc(-c2ccc(Br)cc2)o1. The molecule has 0 fully saturated rings. The molecule has 0 unspecified atom stereocenters. The zero-order valence-electron chi connectivity index (χ0n) is 10.1. The van der Waals surface area contributed by atoms with Gasteiger partial charge in [-0.15, -0.1) is 0 Å². The molecule has 0 radical (unpaired) electrons.